The van der Waals surface area contributed by atoms with Crippen LogP contribution in [0.2, 0.25) is 0 Å². The molecule has 2 N–H and O–H groups in total. The average Bonchev–Trinajstić information content (AvgIpc) is 3.22. The van der Waals surface area contributed by atoms with E-state index in [0.717, 1.165) is 0 Å². The van der Waals surface area contributed by atoms with Crippen LogP contribution in [0, 0.1) is 12.8 Å². The van der Waals surface area contributed by atoms with Crippen LogP contribution in [0.15, 0.2) is 33.7 Å². The number of hydrogen-bond acceptors (Lipinski definition) is 8. The lowest BCUT2D eigenvalue weighted by Crippen LogP contribution is -2.50. The van der Waals surface area contributed by atoms with Crippen LogP contribution in [0.3, 0.4) is 0 Å². The van der Waals surface area contributed by atoms with Gasteiger partial charge in [0.2, 0.25) is 21.8 Å². The van der Waals surface area contributed by atoms with Crippen molar-refractivity contribution in [1.82, 2.24) is 25.1 Å². The number of carbonyl (C=O) groups is 2. The van der Waals surface area contributed by atoms with Gasteiger partial charge in [0.15, 0.2) is 5.82 Å². The average molecular weight is 480 g/mol. The van der Waals surface area contributed by atoms with Crippen molar-refractivity contribution in [3.8, 4) is 0 Å². The Morgan fingerprint density at radius 1 is 1.21 bits per heavy atom. The van der Waals surface area contributed by atoms with Crippen molar-refractivity contribution in [3.05, 3.63) is 41.5 Å². The number of amides is 2. The number of benzene rings is 1. The number of carbonyl (C=O) groups excluding carboxylic acids is 2. The summed E-state index contributed by atoms with van der Waals surface area (Å²) in [5, 5.41) is 9.17. The minimum Gasteiger partial charge on any atom is -0.379 e. The molecular weight excluding hydrogens is 450 g/mol. The van der Waals surface area contributed by atoms with E-state index in [9.17, 15) is 18.0 Å². The molecule has 2 heterocycles. The quantitative estimate of drug-likeness (QED) is 0.530. The fourth-order valence-corrected chi connectivity index (χ4v) is 4.79. The molecule has 0 aliphatic carbocycles. The van der Waals surface area contributed by atoms with Crippen LogP contribution in [0.4, 0.5) is 0 Å². The van der Waals surface area contributed by atoms with Crippen LogP contribution in [0.25, 0.3) is 0 Å². The third-order valence-electron chi connectivity index (χ3n) is 5.15. The first-order valence-electron chi connectivity index (χ1n) is 10.7. The van der Waals surface area contributed by atoms with E-state index in [-0.39, 0.29) is 41.9 Å². The second-order valence-electron chi connectivity index (χ2n) is 8.02. The van der Waals surface area contributed by atoms with Gasteiger partial charge in [0.1, 0.15) is 6.04 Å². The maximum absolute atomic E-state index is 12.9. The van der Waals surface area contributed by atoms with E-state index in [1.165, 1.54) is 28.6 Å². The van der Waals surface area contributed by atoms with E-state index in [0.29, 0.717) is 31.3 Å². The molecule has 1 unspecified atom stereocenters. The van der Waals surface area contributed by atoms with Crippen molar-refractivity contribution >= 4 is 21.8 Å². The molecule has 33 heavy (non-hydrogen) atoms. The number of rotatable bonds is 9. The molecule has 180 valence electrons. The van der Waals surface area contributed by atoms with Gasteiger partial charge in [-0.05, 0) is 31.0 Å². The zero-order chi connectivity index (χ0) is 24.0. The van der Waals surface area contributed by atoms with Gasteiger partial charge < -0.3 is 19.9 Å². The second kappa shape index (κ2) is 10.9. The molecule has 11 nitrogen and oxygen atoms in total. The highest BCUT2D eigenvalue weighted by Gasteiger charge is 2.28. The molecule has 1 saturated heterocycles. The van der Waals surface area contributed by atoms with Crippen molar-refractivity contribution < 1.29 is 27.3 Å². The number of hydrogen-bond donors (Lipinski definition) is 2. The molecule has 1 fully saturated rings. The number of aromatic nitrogens is 2. The van der Waals surface area contributed by atoms with Gasteiger partial charge in [-0.25, -0.2) is 8.42 Å². The van der Waals surface area contributed by atoms with E-state index in [1.54, 1.807) is 6.92 Å². The first kappa shape index (κ1) is 24.8. The number of nitrogens with one attached hydrogen (secondary N) is 2. The van der Waals surface area contributed by atoms with Crippen LogP contribution < -0.4 is 10.6 Å². The fourth-order valence-electron chi connectivity index (χ4n) is 3.34. The Kier molecular flexibility index (Phi) is 8.16. The standard InChI is InChI=1S/C21H29N5O6S/c1-14(2)19(21(28)22-8-7-18-23-15(3)25-32-18)24-20(27)16-5-4-6-17(13-16)33(29,30)26-9-11-31-12-10-26/h4-6,13-14,19H,7-12H2,1-3H3,(H,22,28)(H,24,27). The molecule has 1 aromatic carbocycles. The second-order valence-corrected chi connectivity index (χ2v) is 9.95. The van der Waals surface area contributed by atoms with E-state index in [1.807, 2.05) is 13.8 Å². The van der Waals surface area contributed by atoms with Crippen molar-refractivity contribution in [2.24, 2.45) is 5.92 Å². The summed E-state index contributed by atoms with van der Waals surface area (Å²) >= 11 is 0. The van der Waals surface area contributed by atoms with Crippen molar-refractivity contribution in [2.45, 2.75) is 38.1 Å². The molecule has 0 radical (unpaired) electrons. The molecule has 1 aromatic heterocycles. The highest BCUT2D eigenvalue weighted by Crippen LogP contribution is 2.18. The monoisotopic (exact) mass is 479 g/mol. The molecule has 1 aliphatic heterocycles. The predicted octanol–water partition coefficient (Wildman–Crippen LogP) is 0.512. The highest BCUT2D eigenvalue weighted by atomic mass is 32.2. The molecule has 0 saturated carbocycles. The Balaban J connectivity index is 1.65. The smallest absolute Gasteiger partial charge is 0.251 e. The Hall–Kier alpha value is -2.83. The van der Waals surface area contributed by atoms with Gasteiger partial charge in [0.05, 0.1) is 18.1 Å². The lowest BCUT2D eigenvalue weighted by Gasteiger charge is -2.26. The number of ether oxygens (including phenoxy) is 1. The first-order valence-corrected chi connectivity index (χ1v) is 12.2. The fraction of sp³-hybridized carbons (Fsp3) is 0.524. The summed E-state index contributed by atoms with van der Waals surface area (Å²) in [6, 6.07) is 5.00. The van der Waals surface area contributed by atoms with Crippen LogP contribution in [-0.2, 0) is 26.0 Å². The molecule has 0 bridgehead atoms. The summed E-state index contributed by atoms with van der Waals surface area (Å²) < 4.78 is 37.4. The Morgan fingerprint density at radius 3 is 2.58 bits per heavy atom. The van der Waals surface area contributed by atoms with Gasteiger partial charge in [0, 0.05) is 31.6 Å². The molecule has 0 spiro atoms. The van der Waals surface area contributed by atoms with Crippen LogP contribution in [0.5, 0.6) is 0 Å². The molecule has 1 aliphatic rings. The minimum absolute atomic E-state index is 0.0254. The number of sulfonamides is 1. The van der Waals surface area contributed by atoms with Crippen molar-refractivity contribution in [3.63, 3.8) is 0 Å². The van der Waals surface area contributed by atoms with Crippen LogP contribution in [-0.4, -0.2) is 73.6 Å². The third kappa shape index (κ3) is 6.36. The van der Waals surface area contributed by atoms with Crippen LogP contribution >= 0.6 is 0 Å². The number of nitrogens with zero attached hydrogens (tertiary/aromatic N) is 3. The van der Waals surface area contributed by atoms with Gasteiger partial charge in [-0.2, -0.15) is 9.29 Å². The summed E-state index contributed by atoms with van der Waals surface area (Å²) in [7, 11) is -3.74. The molecule has 2 amide bonds. The van der Waals surface area contributed by atoms with Gasteiger partial charge in [-0.15, -0.1) is 0 Å². The summed E-state index contributed by atoms with van der Waals surface area (Å²) in [4.78, 5) is 29.6. The maximum Gasteiger partial charge on any atom is 0.251 e. The molecule has 2 aromatic rings. The van der Waals surface area contributed by atoms with Gasteiger partial charge in [-0.3, -0.25) is 9.59 Å². The zero-order valence-electron chi connectivity index (χ0n) is 18.9. The number of morpholine rings is 1. The Morgan fingerprint density at radius 2 is 1.94 bits per heavy atom. The molecular formula is C21H29N5O6S. The number of aryl methyl sites for hydroxylation is 1. The summed E-state index contributed by atoms with van der Waals surface area (Å²) in [6.07, 6.45) is 0.368. The van der Waals surface area contributed by atoms with E-state index in [2.05, 4.69) is 20.8 Å². The zero-order valence-corrected chi connectivity index (χ0v) is 19.7. The third-order valence-corrected chi connectivity index (χ3v) is 7.04. The topological polar surface area (TPSA) is 144 Å². The van der Waals surface area contributed by atoms with E-state index in [4.69, 9.17) is 9.26 Å². The lowest BCUT2D eigenvalue weighted by molar-refractivity contribution is -0.123. The summed E-state index contributed by atoms with van der Waals surface area (Å²) in [5.74, 6) is -0.153. The predicted molar refractivity (Wildman–Crippen MR) is 118 cm³/mol. The van der Waals surface area contributed by atoms with Crippen molar-refractivity contribution in [1.29, 1.82) is 0 Å². The molecule has 3 rings (SSSR count). The maximum atomic E-state index is 12.9. The Labute approximate surface area is 192 Å². The SMILES string of the molecule is Cc1noc(CCNC(=O)C(NC(=O)c2cccc(S(=O)(=O)N3CCOCC3)c2)C(C)C)n1. The van der Waals surface area contributed by atoms with E-state index < -0.39 is 22.0 Å². The minimum atomic E-state index is -3.74. The lowest BCUT2D eigenvalue weighted by atomic mass is 10.0. The van der Waals surface area contributed by atoms with Gasteiger partial charge in [0.25, 0.3) is 5.91 Å². The van der Waals surface area contributed by atoms with Gasteiger partial charge in [-0.1, -0.05) is 25.1 Å². The van der Waals surface area contributed by atoms with Gasteiger partial charge >= 0.3 is 0 Å². The normalized spacial score (nSPS) is 15.9. The Bertz CT molecular complexity index is 1080. The summed E-state index contributed by atoms with van der Waals surface area (Å²) in [6.45, 7) is 6.78. The molecule has 12 heteroatoms. The van der Waals surface area contributed by atoms with E-state index >= 15 is 0 Å². The summed E-state index contributed by atoms with van der Waals surface area (Å²) in [5.41, 5.74) is 0.157. The van der Waals surface area contributed by atoms with Crippen molar-refractivity contribution in [2.75, 3.05) is 32.8 Å². The highest BCUT2D eigenvalue weighted by molar-refractivity contribution is 7.89. The van der Waals surface area contributed by atoms with Crippen LogP contribution in [0.1, 0.15) is 35.9 Å². The first-order chi connectivity index (χ1) is 15.7. The molecule has 1 atom stereocenters. The largest absolute Gasteiger partial charge is 0.379 e.